The second-order valence-corrected chi connectivity index (χ2v) is 3.52. The van der Waals surface area contributed by atoms with Crippen LogP contribution in [-0.4, -0.2) is 24.3 Å². The van der Waals surface area contributed by atoms with Crippen LogP contribution in [0.3, 0.4) is 0 Å². The Kier molecular flexibility index (Phi) is 6.84. The highest BCUT2D eigenvalue weighted by Crippen LogP contribution is 2.05. The maximum Gasteiger partial charge on any atom is 0.318 e. The number of aliphatic hydroxyl groups excluding tert-OH is 1. The average molecular weight is 200 g/mol. The summed E-state index contributed by atoms with van der Waals surface area (Å²) in [7, 11) is 0. The highest BCUT2D eigenvalue weighted by Gasteiger charge is 1.98. The van der Waals surface area contributed by atoms with Gasteiger partial charge in [-0.15, -0.1) is 0 Å². The van der Waals surface area contributed by atoms with Crippen LogP contribution in [0.4, 0.5) is 4.79 Å². The van der Waals surface area contributed by atoms with Gasteiger partial charge in [-0.2, -0.15) is 0 Å². The summed E-state index contributed by atoms with van der Waals surface area (Å²) in [5.74, 6) is 0.438. The zero-order valence-electron chi connectivity index (χ0n) is 9.13. The normalized spacial score (nSPS) is 11.6. The SMILES string of the molecule is C/C(=C\NC(=O)NCCCO)C(C)C. The number of allylic oxidation sites excluding steroid dienone is 1. The lowest BCUT2D eigenvalue weighted by molar-refractivity contribution is 0.241. The van der Waals surface area contributed by atoms with E-state index in [4.69, 9.17) is 5.11 Å². The van der Waals surface area contributed by atoms with E-state index < -0.39 is 0 Å². The molecule has 0 aliphatic heterocycles. The minimum Gasteiger partial charge on any atom is -0.396 e. The van der Waals surface area contributed by atoms with Crippen molar-refractivity contribution < 1.29 is 9.90 Å². The Morgan fingerprint density at radius 2 is 2.14 bits per heavy atom. The third-order valence-electron chi connectivity index (χ3n) is 1.96. The fourth-order valence-corrected chi connectivity index (χ4v) is 0.678. The van der Waals surface area contributed by atoms with Gasteiger partial charge in [-0.25, -0.2) is 4.79 Å². The van der Waals surface area contributed by atoms with Crippen molar-refractivity contribution >= 4 is 6.03 Å². The molecule has 0 saturated heterocycles. The molecule has 0 fully saturated rings. The van der Waals surface area contributed by atoms with Crippen LogP contribution in [0.1, 0.15) is 27.2 Å². The first-order valence-electron chi connectivity index (χ1n) is 4.89. The molecule has 0 aliphatic carbocycles. The molecule has 0 aromatic rings. The van der Waals surface area contributed by atoms with E-state index in [1.54, 1.807) is 6.20 Å². The van der Waals surface area contributed by atoms with Crippen LogP contribution in [0.5, 0.6) is 0 Å². The minimum atomic E-state index is -0.224. The number of hydrogen-bond acceptors (Lipinski definition) is 2. The van der Waals surface area contributed by atoms with Crippen LogP contribution in [0.25, 0.3) is 0 Å². The molecule has 0 radical (unpaired) electrons. The highest BCUT2D eigenvalue weighted by atomic mass is 16.3. The van der Waals surface area contributed by atoms with Crippen LogP contribution in [0.15, 0.2) is 11.8 Å². The summed E-state index contributed by atoms with van der Waals surface area (Å²) in [5, 5.41) is 13.7. The van der Waals surface area contributed by atoms with E-state index in [1.807, 2.05) is 6.92 Å². The Morgan fingerprint density at radius 3 is 2.64 bits per heavy atom. The monoisotopic (exact) mass is 200 g/mol. The summed E-state index contributed by atoms with van der Waals surface area (Å²) in [6, 6.07) is -0.224. The van der Waals surface area contributed by atoms with Gasteiger partial charge in [-0.3, -0.25) is 0 Å². The van der Waals surface area contributed by atoms with Crippen LogP contribution < -0.4 is 10.6 Å². The number of carbonyl (C=O) groups excluding carboxylic acids is 1. The fraction of sp³-hybridized carbons (Fsp3) is 0.700. The van der Waals surface area contributed by atoms with Gasteiger partial charge >= 0.3 is 6.03 Å². The number of amides is 2. The van der Waals surface area contributed by atoms with Crippen molar-refractivity contribution in [3.05, 3.63) is 11.8 Å². The van der Waals surface area contributed by atoms with Gasteiger partial charge < -0.3 is 15.7 Å². The molecular weight excluding hydrogens is 180 g/mol. The van der Waals surface area contributed by atoms with Gasteiger partial charge in [0.1, 0.15) is 0 Å². The molecule has 2 amide bonds. The van der Waals surface area contributed by atoms with Gasteiger partial charge in [0.25, 0.3) is 0 Å². The van der Waals surface area contributed by atoms with E-state index in [9.17, 15) is 4.79 Å². The van der Waals surface area contributed by atoms with Crippen molar-refractivity contribution in [3.63, 3.8) is 0 Å². The molecule has 0 atom stereocenters. The topological polar surface area (TPSA) is 61.4 Å². The number of hydrogen-bond donors (Lipinski definition) is 3. The molecule has 0 bridgehead atoms. The quantitative estimate of drug-likeness (QED) is 0.584. The molecule has 3 N–H and O–H groups in total. The van der Waals surface area contributed by atoms with Gasteiger partial charge in [0, 0.05) is 19.4 Å². The van der Waals surface area contributed by atoms with Crippen LogP contribution in [0, 0.1) is 5.92 Å². The summed E-state index contributed by atoms with van der Waals surface area (Å²) in [4.78, 5) is 11.1. The largest absolute Gasteiger partial charge is 0.396 e. The predicted octanol–water partition coefficient (Wildman–Crippen LogP) is 1.23. The van der Waals surface area contributed by atoms with Crippen molar-refractivity contribution in [2.45, 2.75) is 27.2 Å². The molecule has 82 valence electrons. The zero-order chi connectivity index (χ0) is 11.0. The Hall–Kier alpha value is -1.03. The third kappa shape index (κ3) is 6.48. The first kappa shape index (κ1) is 13.0. The zero-order valence-corrected chi connectivity index (χ0v) is 9.13. The molecule has 4 heteroatoms. The van der Waals surface area contributed by atoms with Crippen molar-refractivity contribution in [1.82, 2.24) is 10.6 Å². The smallest absolute Gasteiger partial charge is 0.318 e. The second-order valence-electron chi connectivity index (χ2n) is 3.52. The Bertz CT molecular complexity index is 200. The first-order chi connectivity index (χ1) is 6.57. The Labute approximate surface area is 85.4 Å². The van der Waals surface area contributed by atoms with E-state index >= 15 is 0 Å². The Morgan fingerprint density at radius 1 is 1.50 bits per heavy atom. The number of carbonyl (C=O) groups is 1. The standard InChI is InChI=1S/C10H20N2O2/c1-8(2)9(3)7-12-10(14)11-5-4-6-13/h7-8,13H,4-6H2,1-3H3,(H2,11,12,14)/b9-7+. The van der Waals surface area contributed by atoms with Crippen molar-refractivity contribution in [3.8, 4) is 0 Å². The average Bonchev–Trinajstić information content (AvgIpc) is 2.14. The lowest BCUT2D eigenvalue weighted by atomic mass is 10.1. The van der Waals surface area contributed by atoms with Gasteiger partial charge in [0.15, 0.2) is 0 Å². The van der Waals surface area contributed by atoms with Crippen molar-refractivity contribution in [1.29, 1.82) is 0 Å². The molecule has 4 nitrogen and oxygen atoms in total. The maximum atomic E-state index is 11.1. The molecule has 0 unspecified atom stereocenters. The van der Waals surface area contributed by atoms with E-state index in [-0.39, 0.29) is 12.6 Å². The molecule has 0 aliphatic rings. The van der Waals surface area contributed by atoms with Crippen LogP contribution >= 0.6 is 0 Å². The van der Waals surface area contributed by atoms with E-state index in [0.717, 1.165) is 5.57 Å². The molecule has 0 aromatic heterocycles. The summed E-state index contributed by atoms with van der Waals surface area (Å²) in [6.45, 7) is 6.70. The number of aliphatic hydroxyl groups is 1. The number of urea groups is 1. The van der Waals surface area contributed by atoms with Crippen molar-refractivity contribution in [2.24, 2.45) is 5.92 Å². The van der Waals surface area contributed by atoms with E-state index in [2.05, 4.69) is 24.5 Å². The Balaban J connectivity index is 3.68. The van der Waals surface area contributed by atoms with Gasteiger partial charge in [0.2, 0.25) is 0 Å². The molecule has 0 heterocycles. The third-order valence-corrected chi connectivity index (χ3v) is 1.96. The van der Waals surface area contributed by atoms with Crippen molar-refractivity contribution in [2.75, 3.05) is 13.2 Å². The fourth-order valence-electron chi connectivity index (χ4n) is 0.678. The highest BCUT2D eigenvalue weighted by molar-refractivity contribution is 5.74. The van der Waals surface area contributed by atoms with Crippen LogP contribution in [-0.2, 0) is 0 Å². The molecule has 0 rings (SSSR count). The summed E-state index contributed by atoms with van der Waals surface area (Å²) < 4.78 is 0. The number of rotatable bonds is 5. The van der Waals surface area contributed by atoms with E-state index in [1.165, 1.54) is 0 Å². The lowest BCUT2D eigenvalue weighted by Gasteiger charge is -2.06. The second kappa shape index (κ2) is 7.38. The minimum absolute atomic E-state index is 0.0984. The lowest BCUT2D eigenvalue weighted by Crippen LogP contribution is -2.33. The molecule has 0 spiro atoms. The van der Waals surface area contributed by atoms with Gasteiger partial charge in [-0.1, -0.05) is 19.4 Å². The van der Waals surface area contributed by atoms with Gasteiger partial charge in [-0.05, 0) is 19.3 Å². The maximum absolute atomic E-state index is 11.1. The first-order valence-corrected chi connectivity index (χ1v) is 4.89. The predicted molar refractivity (Wildman–Crippen MR) is 56.8 cm³/mol. The van der Waals surface area contributed by atoms with Crippen LogP contribution in [0.2, 0.25) is 0 Å². The molecule has 14 heavy (non-hydrogen) atoms. The number of nitrogens with one attached hydrogen (secondary N) is 2. The van der Waals surface area contributed by atoms with E-state index in [0.29, 0.717) is 18.9 Å². The summed E-state index contributed by atoms with van der Waals surface area (Å²) >= 11 is 0. The molecule has 0 saturated carbocycles. The molecular formula is C10H20N2O2. The summed E-state index contributed by atoms with van der Waals surface area (Å²) in [6.07, 6.45) is 2.29. The van der Waals surface area contributed by atoms with Gasteiger partial charge in [0.05, 0.1) is 0 Å². The molecule has 0 aromatic carbocycles. The summed E-state index contributed by atoms with van der Waals surface area (Å²) in [5.41, 5.74) is 1.13.